The summed E-state index contributed by atoms with van der Waals surface area (Å²) < 4.78 is 0. The lowest BCUT2D eigenvalue weighted by atomic mass is 9.78. The number of nitrogens with zero attached hydrogens (tertiary/aromatic N) is 1. The molecule has 3 unspecified atom stereocenters. The first kappa shape index (κ1) is 12.9. The summed E-state index contributed by atoms with van der Waals surface area (Å²) in [7, 11) is 0. The first-order valence-corrected chi connectivity index (χ1v) is 6.47. The van der Waals surface area contributed by atoms with Gasteiger partial charge in [0.05, 0.1) is 4.99 Å². The number of thiocarbonyl (C=S) groups is 1. The molecule has 15 heavy (non-hydrogen) atoms. The van der Waals surface area contributed by atoms with Gasteiger partial charge in [-0.05, 0) is 37.6 Å². The van der Waals surface area contributed by atoms with Crippen molar-refractivity contribution in [2.75, 3.05) is 13.1 Å². The number of nitrogens with two attached hydrogens (primary N) is 1. The summed E-state index contributed by atoms with van der Waals surface area (Å²) >= 11 is 5.00. The number of hydrogen-bond donors (Lipinski definition) is 1. The second kappa shape index (κ2) is 5.80. The Balaban J connectivity index is 2.50. The van der Waals surface area contributed by atoms with Crippen LogP contribution >= 0.6 is 12.2 Å². The molecule has 0 aromatic heterocycles. The van der Waals surface area contributed by atoms with Crippen molar-refractivity contribution in [2.45, 2.75) is 46.1 Å². The topological polar surface area (TPSA) is 29.3 Å². The van der Waals surface area contributed by atoms with Gasteiger partial charge >= 0.3 is 0 Å². The zero-order valence-electron chi connectivity index (χ0n) is 10.2. The highest BCUT2D eigenvalue weighted by Crippen LogP contribution is 2.31. The van der Waals surface area contributed by atoms with Gasteiger partial charge in [0, 0.05) is 12.6 Å². The van der Waals surface area contributed by atoms with E-state index in [1.54, 1.807) is 0 Å². The van der Waals surface area contributed by atoms with Crippen molar-refractivity contribution in [2.24, 2.45) is 17.6 Å². The smallest absolute Gasteiger partial charge is 0.0870 e. The fourth-order valence-electron chi connectivity index (χ4n) is 2.55. The highest BCUT2D eigenvalue weighted by atomic mass is 32.1. The Morgan fingerprint density at radius 2 is 2.00 bits per heavy atom. The molecule has 0 amide bonds. The Bertz CT molecular complexity index is 218. The summed E-state index contributed by atoms with van der Waals surface area (Å²) in [5, 5.41) is 0. The molecule has 3 heteroatoms. The third-order valence-electron chi connectivity index (χ3n) is 3.85. The minimum Gasteiger partial charge on any atom is -0.392 e. The molecular formula is C12H24N2S. The molecule has 3 atom stereocenters. The quantitative estimate of drug-likeness (QED) is 0.749. The van der Waals surface area contributed by atoms with E-state index in [1.807, 2.05) is 0 Å². The van der Waals surface area contributed by atoms with E-state index < -0.39 is 0 Å². The molecule has 88 valence electrons. The van der Waals surface area contributed by atoms with Crippen molar-refractivity contribution in [3.8, 4) is 0 Å². The monoisotopic (exact) mass is 228 g/mol. The Labute approximate surface area is 99.2 Å². The molecule has 2 nitrogen and oxygen atoms in total. The van der Waals surface area contributed by atoms with Crippen molar-refractivity contribution in [1.82, 2.24) is 4.90 Å². The second-order valence-electron chi connectivity index (χ2n) is 4.95. The van der Waals surface area contributed by atoms with Crippen LogP contribution in [0, 0.1) is 11.8 Å². The van der Waals surface area contributed by atoms with E-state index >= 15 is 0 Å². The molecule has 0 aromatic carbocycles. The van der Waals surface area contributed by atoms with Crippen LogP contribution in [0.1, 0.15) is 40.0 Å². The first-order valence-electron chi connectivity index (χ1n) is 6.07. The molecule has 1 aliphatic rings. The SMILES string of the molecule is CCN(CC(N)=S)C1CCC(C)C(C)C1. The molecule has 1 aliphatic carbocycles. The summed E-state index contributed by atoms with van der Waals surface area (Å²) in [6.07, 6.45) is 3.96. The normalized spacial score (nSPS) is 31.9. The predicted octanol–water partition coefficient (Wildman–Crippen LogP) is 2.42. The minimum absolute atomic E-state index is 0.628. The fraction of sp³-hybridized carbons (Fsp3) is 0.917. The van der Waals surface area contributed by atoms with Gasteiger partial charge in [0.15, 0.2) is 0 Å². The van der Waals surface area contributed by atoms with E-state index in [4.69, 9.17) is 18.0 Å². The molecule has 0 heterocycles. The van der Waals surface area contributed by atoms with E-state index in [9.17, 15) is 0 Å². The Hall–Kier alpha value is -0.150. The highest BCUT2D eigenvalue weighted by molar-refractivity contribution is 7.80. The van der Waals surface area contributed by atoms with Crippen LogP contribution in [0.4, 0.5) is 0 Å². The summed E-state index contributed by atoms with van der Waals surface area (Å²) in [5.41, 5.74) is 5.63. The molecule has 1 saturated carbocycles. The molecule has 1 fully saturated rings. The van der Waals surface area contributed by atoms with Crippen LogP contribution in [0.5, 0.6) is 0 Å². The lowest BCUT2D eigenvalue weighted by Crippen LogP contribution is -2.43. The van der Waals surface area contributed by atoms with Gasteiger partial charge in [-0.1, -0.05) is 33.0 Å². The maximum Gasteiger partial charge on any atom is 0.0870 e. The van der Waals surface area contributed by atoms with Crippen LogP contribution in [-0.2, 0) is 0 Å². The average molecular weight is 228 g/mol. The number of hydrogen-bond acceptors (Lipinski definition) is 2. The molecule has 0 bridgehead atoms. The Morgan fingerprint density at radius 3 is 2.47 bits per heavy atom. The Morgan fingerprint density at radius 1 is 1.33 bits per heavy atom. The van der Waals surface area contributed by atoms with Crippen LogP contribution in [0.25, 0.3) is 0 Å². The van der Waals surface area contributed by atoms with Gasteiger partial charge < -0.3 is 5.73 Å². The van der Waals surface area contributed by atoms with Crippen molar-refractivity contribution in [1.29, 1.82) is 0 Å². The van der Waals surface area contributed by atoms with Gasteiger partial charge in [0.25, 0.3) is 0 Å². The summed E-state index contributed by atoms with van der Waals surface area (Å²) in [6, 6.07) is 0.697. The maximum atomic E-state index is 5.63. The largest absolute Gasteiger partial charge is 0.392 e. The van der Waals surface area contributed by atoms with Crippen molar-refractivity contribution in [3.63, 3.8) is 0 Å². The zero-order valence-corrected chi connectivity index (χ0v) is 11.0. The summed E-state index contributed by atoms with van der Waals surface area (Å²) in [5.74, 6) is 1.72. The number of likely N-dealkylation sites (N-methyl/N-ethyl adjacent to an activating group) is 1. The van der Waals surface area contributed by atoms with Crippen molar-refractivity contribution < 1.29 is 0 Å². The van der Waals surface area contributed by atoms with Crippen molar-refractivity contribution >= 4 is 17.2 Å². The maximum absolute atomic E-state index is 5.63. The highest BCUT2D eigenvalue weighted by Gasteiger charge is 2.27. The molecule has 0 aliphatic heterocycles. The van der Waals surface area contributed by atoms with E-state index in [0.717, 1.165) is 24.9 Å². The van der Waals surface area contributed by atoms with Gasteiger partial charge in [-0.25, -0.2) is 0 Å². The standard InChI is InChI=1S/C12H24N2S/c1-4-14(8-12(13)15)11-6-5-9(2)10(3)7-11/h9-11H,4-8H2,1-3H3,(H2,13,15). The fourth-order valence-corrected chi connectivity index (χ4v) is 2.72. The van der Waals surface area contributed by atoms with Crippen LogP contribution in [0.15, 0.2) is 0 Å². The molecule has 0 spiro atoms. The van der Waals surface area contributed by atoms with Crippen LogP contribution < -0.4 is 5.73 Å². The number of rotatable bonds is 4. The van der Waals surface area contributed by atoms with Gasteiger partial charge in [0.1, 0.15) is 0 Å². The third kappa shape index (κ3) is 3.72. The van der Waals surface area contributed by atoms with E-state index in [0.29, 0.717) is 11.0 Å². The van der Waals surface area contributed by atoms with Crippen molar-refractivity contribution in [3.05, 3.63) is 0 Å². The van der Waals surface area contributed by atoms with E-state index in [2.05, 4.69) is 25.7 Å². The lowest BCUT2D eigenvalue weighted by Gasteiger charge is -2.38. The summed E-state index contributed by atoms with van der Waals surface area (Å²) in [4.78, 5) is 3.06. The minimum atomic E-state index is 0.628. The predicted molar refractivity (Wildman–Crippen MR) is 70.0 cm³/mol. The van der Waals surface area contributed by atoms with Crippen LogP contribution in [0.3, 0.4) is 0 Å². The molecule has 1 rings (SSSR count). The molecular weight excluding hydrogens is 204 g/mol. The molecule has 0 radical (unpaired) electrons. The molecule has 0 saturated heterocycles. The second-order valence-corrected chi connectivity index (χ2v) is 5.48. The van der Waals surface area contributed by atoms with Gasteiger partial charge in [-0.2, -0.15) is 0 Å². The van der Waals surface area contributed by atoms with Gasteiger partial charge in [-0.15, -0.1) is 0 Å². The molecule has 0 aromatic rings. The lowest BCUT2D eigenvalue weighted by molar-refractivity contribution is 0.128. The van der Waals surface area contributed by atoms with E-state index in [1.165, 1.54) is 19.3 Å². The summed E-state index contributed by atoms with van der Waals surface area (Å²) in [6.45, 7) is 8.78. The van der Waals surface area contributed by atoms with Gasteiger partial charge in [0.2, 0.25) is 0 Å². The van der Waals surface area contributed by atoms with Crippen LogP contribution in [-0.4, -0.2) is 29.0 Å². The molecule has 2 N–H and O–H groups in total. The van der Waals surface area contributed by atoms with Gasteiger partial charge in [-0.3, -0.25) is 4.90 Å². The van der Waals surface area contributed by atoms with E-state index in [-0.39, 0.29) is 0 Å². The average Bonchev–Trinajstić information content (AvgIpc) is 2.18. The Kier molecular flexibility index (Phi) is 5.00. The third-order valence-corrected chi connectivity index (χ3v) is 3.98. The zero-order chi connectivity index (χ0) is 11.4. The van der Waals surface area contributed by atoms with Crippen LogP contribution in [0.2, 0.25) is 0 Å². The first-order chi connectivity index (χ1) is 7.04.